The van der Waals surface area contributed by atoms with Gasteiger partial charge in [-0.1, -0.05) is 36.4 Å². The second kappa shape index (κ2) is 9.50. The van der Waals surface area contributed by atoms with E-state index >= 15 is 8.78 Å². The van der Waals surface area contributed by atoms with E-state index in [4.69, 9.17) is 0 Å². The van der Waals surface area contributed by atoms with E-state index < -0.39 is 24.4 Å². The maximum atomic E-state index is 15.1. The molecule has 1 amide bonds. The molecule has 2 N–H and O–H groups in total. The topological polar surface area (TPSA) is 81.6 Å². The van der Waals surface area contributed by atoms with Gasteiger partial charge in [0.15, 0.2) is 0 Å². The number of benzene rings is 1. The van der Waals surface area contributed by atoms with Gasteiger partial charge in [-0.2, -0.15) is 8.78 Å². The number of alkyl halides is 2. The Morgan fingerprint density at radius 3 is 2.79 bits per heavy atom. The second-order valence-corrected chi connectivity index (χ2v) is 9.21. The lowest BCUT2D eigenvalue weighted by atomic mass is 10.0. The van der Waals surface area contributed by atoms with Crippen molar-refractivity contribution in [3.05, 3.63) is 64.8 Å². The van der Waals surface area contributed by atoms with Crippen LogP contribution in [0.4, 0.5) is 14.6 Å². The molecule has 33 heavy (non-hydrogen) atoms. The zero-order valence-electron chi connectivity index (χ0n) is 18.3. The number of carbonyl (C=O) groups excluding carboxylic acids is 1. The third kappa shape index (κ3) is 4.87. The fourth-order valence-corrected chi connectivity index (χ4v) is 4.95. The Balaban J connectivity index is 1.66. The number of fused-ring (bicyclic) bond motifs is 3. The first kappa shape index (κ1) is 23.2. The molecular weight excluding hydrogens is 448 g/mol. The monoisotopic (exact) mass is 473 g/mol. The molecule has 0 aliphatic carbocycles. The number of halogens is 2. The Bertz CT molecular complexity index is 1170. The SMILES string of the molecule is CN(C)CC=CC(=O)N1Cc2sc3ncnc(N[C@H](CO)c4ccccc4)c3c2CC1(F)F. The number of nitrogens with zero attached hydrogens (tertiary/aromatic N) is 4. The number of aliphatic hydroxyl groups excluding tert-OH is 1. The van der Waals surface area contributed by atoms with Crippen molar-refractivity contribution in [2.24, 2.45) is 0 Å². The lowest BCUT2D eigenvalue weighted by Crippen LogP contribution is -2.48. The summed E-state index contributed by atoms with van der Waals surface area (Å²) < 4.78 is 30.2. The van der Waals surface area contributed by atoms with Crippen molar-refractivity contribution in [1.82, 2.24) is 19.8 Å². The van der Waals surface area contributed by atoms with E-state index in [1.54, 1.807) is 6.08 Å². The van der Waals surface area contributed by atoms with Gasteiger partial charge in [-0.05, 0) is 25.2 Å². The van der Waals surface area contributed by atoms with Crippen molar-refractivity contribution in [2.45, 2.75) is 25.1 Å². The van der Waals surface area contributed by atoms with Crippen molar-refractivity contribution in [2.75, 3.05) is 32.6 Å². The summed E-state index contributed by atoms with van der Waals surface area (Å²) in [5, 5.41) is 13.6. The van der Waals surface area contributed by atoms with Crippen LogP contribution in [0, 0.1) is 0 Å². The number of nitrogens with one attached hydrogen (secondary N) is 1. The number of likely N-dealkylation sites (N-methyl/N-ethyl adjacent to an activating group) is 1. The molecule has 0 saturated carbocycles. The largest absolute Gasteiger partial charge is 0.394 e. The molecule has 0 bridgehead atoms. The van der Waals surface area contributed by atoms with Gasteiger partial charge in [0.2, 0.25) is 0 Å². The summed E-state index contributed by atoms with van der Waals surface area (Å²) in [7, 11) is 3.67. The summed E-state index contributed by atoms with van der Waals surface area (Å²) in [5.41, 5.74) is 1.29. The van der Waals surface area contributed by atoms with E-state index in [1.165, 1.54) is 23.7 Å². The van der Waals surface area contributed by atoms with Gasteiger partial charge < -0.3 is 15.3 Å². The molecule has 0 spiro atoms. The number of anilines is 1. The van der Waals surface area contributed by atoms with Crippen LogP contribution in [0.5, 0.6) is 0 Å². The number of hydrogen-bond acceptors (Lipinski definition) is 7. The minimum absolute atomic E-state index is 0.195. The summed E-state index contributed by atoms with van der Waals surface area (Å²) in [6.45, 7) is 0.0902. The van der Waals surface area contributed by atoms with Crippen LogP contribution in [0.25, 0.3) is 10.2 Å². The minimum Gasteiger partial charge on any atom is -0.394 e. The molecule has 0 saturated heterocycles. The number of aromatic nitrogens is 2. The Morgan fingerprint density at radius 1 is 1.33 bits per heavy atom. The van der Waals surface area contributed by atoms with Crippen LogP contribution in [0.2, 0.25) is 0 Å². The number of aliphatic hydroxyl groups is 1. The highest BCUT2D eigenvalue weighted by Crippen LogP contribution is 2.43. The molecule has 1 atom stereocenters. The van der Waals surface area contributed by atoms with E-state index in [0.29, 0.717) is 37.9 Å². The van der Waals surface area contributed by atoms with E-state index in [9.17, 15) is 9.90 Å². The zero-order chi connectivity index (χ0) is 23.6. The highest BCUT2D eigenvalue weighted by atomic mass is 32.1. The van der Waals surface area contributed by atoms with Gasteiger partial charge in [-0.25, -0.2) is 9.97 Å². The van der Waals surface area contributed by atoms with Gasteiger partial charge in [0, 0.05) is 17.5 Å². The number of carbonyl (C=O) groups is 1. The molecule has 1 aliphatic heterocycles. The van der Waals surface area contributed by atoms with Crippen LogP contribution in [0.1, 0.15) is 22.0 Å². The van der Waals surface area contributed by atoms with Crippen LogP contribution < -0.4 is 5.32 Å². The number of thiophene rings is 1. The molecule has 0 fully saturated rings. The molecule has 7 nitrogen and oxygen atoms in total. The van der Waals surface area contributed by atoms with E-state index in [1.807, 2.05) is 49.3 Å². The molecule has 10 heteroatoms. The van der Waals surface area contributed by atoms with Crippen molar-refractivity contribution in [3.63, 3.8) is 0 Å². The predicted octanol–water partition coefficient (Wildman–Crippen LogP) is 3.43. The first-order valence-electron chi connectivity index (χ1n) is 10.5. The standard InChI is InChI=1S/C23H25F2N5O2S/c1-29(2)10-6-9-19(32)30-12-18-16(11-23(30,24)25)20-21(26-14-27-22(20)33-18)28-17(13-31)15-7-4-3-5-8-15/h3-9,14,17,31H,10-13H2,1-2H3,(H,26,27,28)/t17-/m1/s1. The van der Waals surface area contributed by atoms with Crippen LogP contribution in [-0.2, 0) is 17.8 Å². The van der Waals surface area contributed by atoms with Gasteiger partial charge in [0.25, 0.3) is 5.91 Å². The molecular formula is C23H25F2N5O2S. The molecule has 0 unspecified atom stereocenters. The van der Waals surface area contributed by atoms with Gasteiger partial charge in [-0.15, -0.1) is 11.3 Å². The summed E-state index contributed by atoms with van der Waals surface area (Å²) in [6, 6.07) is 5.54. The predicted molar refractivity (Wildman–Crippen MR) is 124 cm³/mol. The first-order chi connectivity index (χ1) is 15.8. The number of amides is 1. The fraction of sp³-hybridized carbons (Fsp3) is 0.348. The quantitative estimate of drug-likeness (QED) is 0.404. The van der Waals surface area contributed by atoms with Crippen molar-refractivity contribution in [1.29, 1.82) is 0 Å². The molecule has 3 aromatic rings. The average Bonchev–Trinajstić information content (AvgIpc) is 3.14. The summed E-state index contributed by atoms with van der Waals surface area (Å²) in [4.78, 5) is 24.7. The Hall–Kier alpha value is -2.95. The van der Waals surface area contributed by atoms with Gasteiger partial charge in [-0.3, -0.25) is 9.69 Å². The first-order valence-corrected chi connectivity index (χ1v) is 11.3. The lowest BCUT2D eigenvalue weighted by Gasteiger charge is -2.34. The maximum absolute atomic E-state index is 15.1. The summed E-state index contributed by atoms with van der Waals surface area (Å²) in [6.07, 6.45) is 3.53. The zero-order valence-corrected chi connectivity index (χ0v) is 19.1. The Labute approximate surface area is 194 Å². The fourth-order valence-electron chi connectivity index (χ4n) is 3.81. The molecule has 0 radical (unpaired) electrons. The minimum atomic E-state index is -3.34. The van der Waals surface area contributed by atoms with Crippen LogP contribution in [-0.4, -0.2) is 64.1 Å². The summed E-state index contributed by atoms with van der Waals surface area (Å²) in [5.74, 6) is -0.333. The summed E-state index contributed by atoms with van der Waals surface area (Å²) >= 11 is 1.28. The number of rotatable bonds is 7. The molecule has 1 aromatic carbocycles. The third-order valence-corrected chi connectivity index (χ3v) is 6.57. The van der Waals surface area contributed by atoms with E-state index in [0.717, 1.165) is 5.56 Å². The van der Waals surface area contributed by atoms with Crippen LogP contribution in [0.3, 0.4) is 0 Å². The van der Waals surface area contributed by atoms with Gasteiger partial charge >= 0.3 is 6.05 Å². The molecule has 3 heterocycles. The van der Waals surface area contributed by atoms with Crippen LogP contribution in [0.15, 0.2) is 48.8 Å². The Kier molecular flexibility index (Phi) is 6.68. The highest BCUT2D eigenvalue weighted by Gasteiger charge is 2.45. The molecule has 1 aliphatic rings. The molecule has 174 valence electrons. The maximum Gasteiger partial charge on any atom is 0.332 e. The Morgan fingerprint density at radius 2 is 2.09 bits per heavy atom. The second-order valence-electron chi connectivity index (χ2n) is 8.13. The number of hydrogen-bond donors (Lipinski definition) is 2. The van der Waals surface area contributed by atoms with E-state index in [-0.39, 0.29) is 13.2 Å². The average molecular weight is 474 g/mol. The molecule has 2 aromatic heterocycles. The van der Waals surface area contributed by atoms with Gasteiger partial charge in [0.05, 0.1) is 31.0 Å². The van der Waals surface area contributed by atoms with Gasteiger partial charge in [0.1, 0.15) is 17.0 Å². The normalized spacial score (nSPS) is 16.4. The van der Waals surface area contributed by atoms with E-state index in [2.05, 4.69) is 15.3 Å². The molecule has 4 rings (SSSR count). The van der Waals surface area contributed by atoms with Crippen LogP contribution >= 0.6 is 11.3 Å². The third-order valence-electron chi connectivity index (χ3n) is 5.45. The highest BCUT2D eigenvalue weighted by molar-refractivity contribution is 7.19. The van der Waals surface area contributed by atoms with Crippen molar-refractivity contribution in [3.8, 4) is 0 Å². The lowest BCUT2D eigenvalue weighted by molar-refractivity contribution is -0.174. The van der Waals surface area contributed by atoms with Crippen molar-refractivity contribution >= 4 is 33.3 Å². The van der Waals surface area contributed by atoms with Crippen molar-refractivity contribution < 1.29 is 18.7 Å². The smallest absolute Gasteiger partial charge is 0.332 e.